The summed E-state index contributed by atoms with van der Waals surface area (Å²) in [5, 5.41) is 12.0. The van der Waals surface area contributed by atoms with E-state index in [2.05, 4.69) is 11.8 Å². The normalized spacial score (nSPS) is 19.6. The molecule has 2 fully saturated rings. The first kappa shape index (κ1) is 37.9. The van der Waals surface area contributed by atoms with Crippen LogP contribution in [0.2, 0.25) is 0 Å². The Morgan fingerprint density at radius 3 is 2.45 bits per heavy atom. The minimum absolute atomic E-state index is 0. The topological polar surface area (TPSA) is 180 Å². The number of esters is 1. The number of aliphatic hydroxyl groups is 1. The molecule has 2 saturated heterocycles. The maximum absolute atomic E-state index is 13.6. The molecule has 4 aliphatic heterocycles. The molecule has 1 atom stereocenters. The van der Waals surface area contributed by atoms with Crippen LogP contribution >= 0.6 is 12.4 Å². The lowest BCUT2D eigenvalue weighted by Gasteiger charge is -2.39. The average molecular weight is 753 g/mol. The van der Waals surface area contributed by atoms with Crippen LogP contribution in [-0.2, 0) is 34.7 Å². The quantitative estimate of drug-likeness (QED) is 0.229. The monoisotopic (exact) mass is 752 g/mol. The van der Waals surface area contributed by atoms with Gasteiger partial charge in [0.1, 0.15) is 12.4 Å². The number of cyclic esters (lactones) is 1. The summed E-state index contributed by atoms with van der Waals surface area (Å²) < 4.78 is 24.7. The lowest BCUT2D eigenvalue weighted by Crippen LogP contribution is -2.48. The zero-order valence-corrected chi connectivity index (χ0v) is 30.4. The molecule has 4 aromatic rings. The molecule has 0 unspecified atom stereocenters. The van der Waals surface area contributed by atoms with Crippen LogP contribution < -0.4 is 21.5 Å². The number of halogens is 2. The Labute approximate surface area is 309 Å². The van der Waals surface area contributed by atoms with E-state index in [1.807, 2.05) is 22.0 Å². The fourth-order valence-electron chi connectivity index (χ4n) is 7.86. The predicted molar refractivity (Wildman–Crippen MR) is 195 cm³/mol. The summed E-state index contributed by atoms with van der Waals surface area (Å²) in [6.45, 7) is 7.65. The number of carbonyl (C=O) groups excluding carboxylic acids is 2. The number of aromatic amines is 2. The maximum atomic E-state index is 13.6. The van der Waals surface area contributed by atoms with E-state index in [1.165, 1.54) is 32.4 Å². The zero-order chi connectivity index (χ0) is 36.7. The number of hydrogen-bond acceptors (Lipinski definition) is 10. The van der Waals surface area contributed by atoms with Gasteiger partial charge in [-0.25, -0.2) is 19.4 Å². The number of pyridine rings is 2. The number of likely N-dealkylation sites (tertiary alicyclic amines) is 2. The van der Waals surface area contributed by atoms with Crippen molar-refractivity contribution in [2.24, 2.45) is 0 Å². The smallest absolute Gasteiger partial charge is 0.415 e. The SMILES string of the molecule is CCc1c2c(nc3ccc(OC(=O)N4CCC(N5CCCCC5)CC4)cc13)-c1cc3c(c(=O)n1C2)COC(=O)[C@]3(O)CC.Cl.O=c1[nH]cc(F)c(=O)[nH]1. The molecule has 7 heterocycles. The lowest BCUT2D eigenvalue weighted by atomic mass is 9.86. The highest BCUT2D eigenvalue weighted by Crippen LogP contribution is 2.41. The summed E-state index contributed by atoms with van der Waals surface area (Å²) in [5.41, 5.74) is 0.677. The first-order valence-electron chi connectivity index (χ1n) is 17.8. The molecule has 0 radical (unpaired) electrons. The van der Waals surface area contributed by atoms with Gasteiger partial charge in [-0.15, -0.1) is 12.4 Å². The van der Waals surface area contributed by atoms with Crippen molar-refractivity contribution < 1.29 is 28.6 Å². The first-order valence-corrected chi connectivity index (χ1v) is 17.8. The number of piperidine rings is 2. The molecular formula is C37H42ClFN6O8. The summed E-state index contributed by atoms with van der Waals surface area (Å²) in [4.78, 5) is 72.5. The third-order valence-corrected chi connectivity index (χ3v) is 10.7. The van der Waals surface area contributed by atoms with Gasteiger partial charge in [0.05, 0.1) is 29.0 Å². The van der Waals surface area contributed by atoms with Crippen molar-refractivity contribution in [3.8, 4) is 17.1 Å². The number of H-pyrrole nitrogens is 2. The largest absolute Gasteiger partial charge is 0.458 e. The van der Waals surface area contributed by atoms with Gasteiger partial charge in [-0.2, -0.15) is 4.39 Å². The average Bonchev–Trinajstić information content (AvgIpc) is 3.53. The Bertz CT molecular complexity index is 2240. The van der Waals surface area contributed by atoms with Crippen LogP contribution in [0.3, 0.4) is 0 Å². The van der Waals surface area contributed by atoms with Crippen LogP contribution in [0.15, 0.2) is 44.8 Å². The number of benzene rings is 1. The molecule has 0 spiro atoms. The molecule has 14 nitrogen and oxygen atoms in total. The van der Waals surface area contributed by atoms with E-state index in [9.17, 15) is 33.5 Å². The number of fused-ring (bicyclic) bond motifs is 5. The van der Waals surface area contributed by atoms with Crippen LogP contribution in [0, 0.1) is 5.82 Å². The van der Waals surface area contributed by atoms with Gasteiger partial charge < -0.3 is 33.9 Å². The second-order valence-electron chi connectivity index (χ2n) is 13.7. The molecule has 3 aromatic heterocycles. The Morgan fingerprint density at radius 1 is 1.06 bits per heavy atom. The second-order valence-corrected chi connectivity index (χ2v) is 13.7. The van der Waals surface area contributed by atoms with Crippen molar-refractivity contribution in [3.63, 3.8) is 0 Å². The van der Waals surface area contributed by atoms with Gasteiger partial charge in [0, 0.05) is 41.8 Å². The summed E-state index contributed by atoms with van der Waals surface area (Å²) in [6.07, 6.45) is 6.97. The van der Waals surface area contributed by atoms with Crippen LogP contribution in [-0.4, -0.2) is 78.7 Å². The number of rotatable bonds is 4. The van der Waals surface area contributed by atoms with Gasteiger partial charge in [-0.3, -0.25) is 14.6 Å². The number of nitrogens with zero attached hydrogens (tertiary/aromatic N) is 4. The van der Waals surface area contributed by atoms with Gasteiger partial charge in [0.2, 0.25) is 5.82 Å². The fourth-order valence-corrected chi connectivity index (χ4v) is 7.86. The van der Waals surface area contributed by atoms with Crippen molar-refractivity contribution in [3.05, 3.63) is 89.7 Å². The number of hydrogen-bond donors (Lipinski definition) is 3. The first-order chi connectivity index (χ1) is 25.0. The maximum Gasteiger partial charge on any atom is 0.415 e. The van der Waals surface area contributed by atoms with Crippen LogP contribution in [0.5, 0.6) is 5.75 Å². The lowest BCUT2D eigenvalue weighted by molar-refractivity contribution is -0.172. The van der Waals surface area contributed by atoms with E-state index < -0.39 is 28.6 Å². The third-order valence-electron chi connectivity index (χ3n) is 10.7. The fraction of sp³-hybridized carbons (Fsp3) is 0.459. The molecule has 8 rings (SSSR count). The van der Waals surface area contributed by atoms with Crippen molar-refractivity contribution in [1.82, 2.24) is 29.3 Å². The van der Waals surface area contributed by atoms with Gasteiger partial charge in [-0.05, 0) is 81.4 Å². The number of ether oxygens (including phenoxy) is 2. The molecule has 0 aliphatic carbocycles. The minimum Gasteiger partial charge on any atom is -0.458 e. The van der Waals surface area contributed by atoms with Crippen LogP contribution in [0.1, 0.15) is 74.6 Å². The van der Waals surface area contributed by atoms with E-state index >= 15 is 0 Å². The molecular weight excluding hydrogens is 711 g/mol. The van der Waals surface area contributed by atoms with Gasteiger partial charge >= 0.3 is 17.8 Å². The van der Waals surface area contributed by atoms with E-state index in [-0.39, 0.29) is 37.1 Å². The highest BCUT2D eigenvalue weighted by molar-refractivity contribution is 5.90. The van der Waals surface area contributed by atoms with Crippen LogP contribution in [0.4, 0.5) is 9.18 Å². The molecule has 282 valence electrons. The molecule has 1 amide bonds. The number of carbonyl (C=O) groups is 2. The molecule has 53 heavy (non-hydrogen) atoms. The van der Waals surface area contributed by atoms with Gasteiger partial charge in [-0.1, -0.05) is 20.3 Å². The van der Waals surface area contributed by atoms with E-state index in [0.717, 1.165) is 34.9 Å². The van der Waals surface area contributed by atoms with Gasteiger partial charge in [0.25, 0.3) is 11.1 Å². The molecule has 3 N–H and O–H groups in total. The highest BCUT2D eigenvalue weighted by Gasteiger charge is 2.45. The van der Waals surface area contributed by atoms with Crippen molar-refractivity contribution >= 4 is 35.4 Å². The summed E-state index contributed by atoms with van der Waals surface area (Å²) in [7, 11) is 0. The Kier molecular flexibility index (Phi) is 10.9. The summed E-state index contributed by atoms with van der Waals surface area (Å²) in [5.74, 6) is -1.26. The zero-order valence-electron chi connectivity index (χ0n) is 29.5. The molecule has 1 aromatic carbocycles. The van der Waals surface area contributed by atoms with Gasteiger partial charge in [0.15, 0.2) is 5.60 Å². The van der Waals surface area contributed by atoms with E-state index in [0.29, 0.717) is 66.6 Å². The molecule has 16 heteroatoms. The van der Waals surface area contributed by atoms with E-state index in [1.54, 1.807) is 28.6 Å². The number of aromatic nitrogens is 4. The second kappa shape index (κ2) is 15.2. The molecule has 4 aliphatic rings. The van der Waals surface area contributed by atoms with Crippen molar-refractivity contribution in [2.75, 3.05) is 26.2 Å². The number of aryl methyl sites for hydroxylation is 1. The summed E-state index contributed by atoms with van der Waals surface area (Å²) >= 11 is 0. The Balaban J connectivity index is 0.000000423. The Morgan fingerprint density at radius 2 is 1.79 bits per heavy atom. The molecule has 0 bridgehead atoms. The van der Waals surface area contributed by atoms with Crippen molar-refractivity contribution in [2.45, 2.75) is 83.6 Å². The molecule has 0 saturated carbocycles. The standard InChI is InChI=1S/C33H38N4O6.C4H3FN2O2.ClH/c1-3-22-23-16-21(43-32(40)36-14-10-20(11-15-36)35-12-6-5-7-13-35)8-9-27(23)34-29-24(22)18-37-28(29)17-26-25(30(37)38)19-42-31(39)33(26,41)4-2;5-2-1-6-4(9)7-3(2)8;/h8-9,16-17,20,41H,3-7,10-15,18-19H2,1-2H3;1H,(H2,6,7,8,9);1H/t33-;;/m0../s1. The minimum atomic E-state index is -1.86. The summed E-state index contributed by atoms with van der Waals surface area (Å²) in [6, 6.07) is 7.77. The van der Waals surface area contributed by atoms with E-state index in [4.69, 9.17) is 14.5 Å². The predicted octanol–water partition coefficient (Wildman–Crippen LogP) is 3.72. The third kappa shape index (κ3) is 7.00. The highest BCUT2D eigenvalue weighted by atomic mass is 35.5. The number of nitrogens with one attached hydrogen (secondary N) is 2. The van der Waals surface area contributed by atoms with Crippen LogP contribution in [0.25, 0.3) is 22.3 Å². The van der Waals surface area contributed by atoms with Crippen molar-refractivity contribution in [1.29, 1.82) is 0 Å². The number of amides is 1. The Hall–Kier alpha value is -4.86.